The summed E-state index contributed by atoms with van der Waals surface area (Å²) in [4.78, 5) is 28.9. The molecule has 1 aliphatic carbocycles. The maximum atomic E-state index is 15.0. The number of fused-ring (bicyclic) bond motifs is 2. The number of hydrogen-bond acceptors (Lipinski definition) is 24. The molecule has 0 amide bonds. The molecule has 24 nitrogen and oxygen atoms in total. The quantitative estimate of drug-likeness (QED) is 0.110. The van der Waals surface area contributed by atoms with Crippen molar-refractivity contribution in [3.63, 3.8) is 0 Å². The lowest BCUT2D eigenvalue weighted by Crippen LogP contribution is -2.58. The minimum absolute atomic E-state index is 0.0365. The molecule has 0 aromatic heterocycles. The number of benzene rings is 2. The standard InChI is InChI=1S/C52H76O24/c1-18-29(72-34-14-30(43(58)21(4)68-34)73-33-13-28(54)42(57)20(3)67-33)12-26-10-25-11-27(49(66-9)48(63)41(56)19(2)53)50(47(62)39(25)46(61)38(26)40(18)55)76-36-16-31(44(59)23(6)70-36)74-35-15-32(45(60)22(5)69-35)75-37-17-52(8,65)51(64)24(7)71-37/h10,12,19-24,27-28,30-37,41-45,49-51,53-61,64-65H,11,13-17H2,1-9H3/t19-,20-,21-,22-,23-,24-,27?,28-,30-,31-,32-,33+,34+,35+,36+,37-,41+,42-,43-,44-,45+,49+,50+,51-,52+/m1/s1. The molecule has 5 fully saturated rings. The predicted octanol–water partition coefficient (Wildman–Crippen LogP) is -0.249. The summed E-state index contributed by atoms with van der Waals surface area (Å²) >= 11 is 0. The first-order chi connectivity index (χ1) is 35.7. The Morgan fingerprint density at radius 3 is 1.70 bits per heavy atom. The van der Waals surface area contributed by atoms with Gasteiger partial charge in [-0.1, -0.05) is 0 Å². The molecule has 24 heteroatoms. The number of ketones is 2. The van der Waals surface area contributed by atoms with Gasteiger partial charge in [0, 0.05) is 50.7 Å². The number of rotatable bonds is 15. The van der Waals surface area contributed by atoms with Crippen LogP contribution >= 0.6 is 0 Å². The molecule has 5 aliphatic heterocycles. The molecule has 5 heterocycles. The zero-order valence-corrected chi connectivity index (χ0v) is 44.0. The first-order valence-electron chi connectivity index (χ1n) is 26.0. The molecule has 5 saturated heterocycles. The number of aliphatic hydroxyl groups is 9. The zero-order valence-electron chi connectivity index (χ0n) is 44.0. The van der Waals surface area contributed by atoms with Gasteiger partial charge in [-0.25, -0.2) is 0 Å². The smallest absolute Gasteiger partial charge is 0.202 e. The highest BCUT2D eigenvalue weighted by atomic mass is 16.7. The van der Waals surface area contributed by atoms with Crippen LogP contribution in [0, 0.1) is 12.8 Å². The van der Waals surface area contributed by atoms with E-state index >= 15 is 4.79 Å². The van der Waals surface area contributed by atoms with E-state index in [1.807, 2.05) is 0 Å². The predicted molar refractivity (Wildman–Crippen MR) is 259 cm³/mol. The summed E-state index contributed by atoms with van der Waals surface area (Å²) in [7, 11) is 1.18. The number of carbonyl (C=O) groups is 2. The molecule has 76 heavy (non-hydrogen) atoms. The van der Waals surface area contributed by atoms with Crippen molar-refractivity contribution in [1.82, 2.24) is 0 Å². The van der Waals surface area contributed by atoms with Gasteiger partial charge in [0.1, 0.15) is 66.1 Å². The fraction of sp³-hybridized carbons (Fsp3) is 0.769. The van der Waals surface area contributed by atoms with E-state index in [0.29, 0.717) is 0 Å². The Morgan fingerprint density at radius 1 is 0.684 bits per heavy atom. The van der Waals surface area contributed by atoms with Crippen LogP contribution in [0.25, 0.3) is 10.8 Å². The molecule has 1 unspecified atom stereocenters. The second-order valence-corrected chi connectivity index (χ2v) is 21.7. The molecule has 11 N–H and O–H groups in total. The van der Waals surface area contributed by atoms with Crippen LogP contribution < -0.4 is 4.74 Å². The second kappa shape index (κ2) is 23.4. The third-order valence-electron chi connectivity index (χ3n) is 15.9. The number of phenolic OH excluding ortho intramolecular Hbond substituents is 2. The summed E-state index contributed by atoms with van der Waals surface area (Å²) in [5.41, 5.74) is -1.47. The average Bonchev–Trinajstić information content (AvgIpc) is 3.38. The van der Waals surface area contributed by atoms with Gasteiger partial charge in [-0.05, 0) is 84.9 Å². The third kappa shape index (κ3) is 11.9. The van der Waals surface area contributed by atoms with E-state index in [9.17, 15) is 61.0 Å². The zero-order chi connectivity index (χ0) is 55.6. The normalized spacial score (nSPS) is 42.5. The first-order valence-corrected chi connectivity index (χ1v) is 26.0. The van der Waals surface area contributed by atoms with Crippen molar-refractivity contribution in [2.24, 2.45) is 5.92 Å². The summed E-state index contributed by atoms with van der Waals surface area (Å²) in [6.07, 6.45) is -27.0. The molecule has 2 aromatic rings. The van der Waals surface area contributed by atoms with Gasteiger partial charge < -0.3 is 108 Å². The number of aromatic hydroxyl groups is 2. The van der Waals surface area contributed by atoms with Gasteiger partial charge in [0.15, 0.2) is 36.7 Å². The number of carbonyl (C=O) groups excluding carboxylic acids is 2. The highest BCUT2D eigenvalue weighted by Gasteiger charge is 2.51. The molecule has 0 bridgehead atoms. The summed E-state index contributed by atoms with van der Waals surface area (Å²) < 4.78 is 66.5. The fourth-order valence-electron chi connectivity index (χ4n) is 11.3. The van der Waals surface area contributed by atoms with E-state index in [-0.39, 0.29) is 71.7 Å². The topological polar surface area (TPSA) is 358 Å². The van der Waals surface area contributed by atoms with Crippen molar-refractivity contribution in [3.05, 3.63) is 28.8 Å². The van der Waals surface area contributed by atoms with Crippen LogP contribution in [0.4, 0.5) is 0 Å². The highest BCUT2D eigenvalue weighted by Crippen LogP contribution is 2.47. The van der Waals surface area contributed by atoms with Crippen molar-refractivity contribution in [1.29, 1.82) is 0 Å². The summed E-state index contributed by atoms with van der Waals surface area (Å²) in [5, 5.41) is 120. The van der Waals surface area contributed by atoms with E-state index in [0.717, 1.165) is 0 Å². The lowest BCUT2D eigenvalue weighted by Gasteiger charge is -2.46. The Kier molecular flexibility index (Phi) is 18.1. The van der Waals surface area contributed by atoms with E-state index < -0.39 is 176 Å². The monoisotopic (exact) mass is 1080 g/mol. The molecule has 0 radical (unpaired) electrons. The van der Waals surface area contributed by atoms with Gasteiger partial charge >= 0.3 is 0 Å². The van der Waals surface area contributed by atoms with Crippen molar-refractivity contribution in [3.8, 4) is 17.2 Å². The van der Waals surface area contributed by atoms with Crippen LogP contribution in [-0.4, -0.2) is 222 Å². The van der Waals surface area contributed by atoms with Crippen molar-refractivity contribution < 1.29 is 118 Å². The number of hydrogen-bond donors (Lipinski definition) is 11. The van der Waals surface area contributed by atoms with E-state index in [1.54, 1.807) is 27.7 Å². The lowest BCUT2D eigenvalue weighted by atomic mass is 9.75. The summed E-state index contributed by atoms with van der Waals surface area (Å²) in [6, 6.07) is 3.03. The molecular formula is C52H76O24. The Balaban J connectivity index is 1.04. The van der Waals surface area contributed by atoms with Crippen LogP contribution in [0.5, 0.6) is 17.2 Å². The van der Waals surface area contributed by atoms with Crippen molar-refractivity contribution in [2.75, 3.05) is 7.11 Å². The van der Waals surface area contributed by atoms with E-state index in [2.05, 4.69) is 0 Å². The number of phenols is 2. The van der Waals surface area contributed by atoms with Gasteiger partial charge in [-0.2, -0.15) is 0 Å². The Morgan fingerprint density at radius 2 is 1.17 bits per heavy atom. The molecule has 2 aromatic carbocycles. The first kappa shape index (κ1) is 58.8. The van der Waals surface area contributed by atoms with Crippen LogP contribution in [0.1, 0.15) is 102 Å². The minimum Gasteiger partial charge on any atom is -0.507 e. The molecule has 0 saturated carbocycles. The minimum atomic E-state index is -1.95. The molecular weight excluding hydrogens is 1010 g/mol. The number of methoxy groups -OCH3 is 1. The van der Waals surface area contributed by atoms with E-state index in [1.165, 1.54) is 46.9 Å². The van der Waals surface area contributed by atoms with Gasteiger partial charge in [0.2, 0.25) is 6.29 Å². The molecule has 8 rings (SSSR count). The van der Waals surface area contributed by atoms with Crippen molar-refractivity contribution in [2.45, 2.75) is 241 Å². The molecule has 6 aliphatic rings. The maximum absolute atomic E-state index is 15.0. The Labute approximate surface area is 439 Å². The SMILES string of the molecule is CO[C@H](C(=O)[C@@H](O)[C@@H](C)O)C1Cc2cc3cc(O[C@H]4C[C@@H](O[C@H]5C[C@@H](O)[C@H](O)[C@@H](C)O5)[C@H](O)[C@@H](C)O4)c(C)c(O)c3c(O)c2C(=O)[C@H]1O[C@H]1C[C@@H](O[C@H]2C[C@@H](O[C@@H]3C[C@](C)(O)[C@H](O)[C@@H](C)O3)[C@@H](O)[C@@H](C)O2)[C@H](O)[C@@H](C)O1. The van der Waals surface area contributed by atoms with Gasteiger partial charge in [0.25, 0.3) is 0 Å². The van der Waals surface area contributed by atoms with Crippen molar-refractivity contribution >= 4 is 22.3 Å². The third-order valence-corrected chi connectivity index (χ3v) is 15.9. The average molecular weight is 1090 g/mol. The van der Waals surface area contributed by atoms with Gasteiger partial charge in [-0.15, -0.1) is 0 Å². The molecule has 428 valence electrons. The van der Waals surface area contributed by atoms with Gasteiger partial charge in [0.05, 0.1) is 77.6 Å². The molecule has 25 atom stereocenters. The Hall–Kier alpha value is -3.32. The largest absolute Gasteiger partial charge is 0.507 e. The summed E-state index contributed by atoms with van der Waals surface area (Å²) in [6.45, 7) is 12.1. The fourth-order valence-corrected chi connectivity index (χ4v) is 11.3. The number of aliphatic hydroxyl groups excluding tert-OH is 8. The van der Waals surface area contributed by atoms with Gasteiger partial charge in [-0.3, -0.25) is 9.59 Å². The van der Waals surface area contributed by atoms with Crippen LogP contribution in [-0.2, 0) is 58.6 Å². The second-order valence-electron chi connectivity index (χ2n) is 21.7. The Bertz CT molecular complexity index is 2350. The lowest BCUT2D eigenvalue weighted by molar-refractivity contribution is -0.334. The van der Waals surface area contributed by atoms with Crippen LogP contribution in [0.2, 0.25) is 0 Å². The number of ether oxygens (including phenoxy) is 11. The molecule has 0 spiro atoms. The van der Waals surface area contributed by atoms with Crippen LogP contribution in [0.15, 0.2) is 12.1 Å². The highest BCUT2D eigenvalue weighted by molar-refractivity contribution is 6.11. The van der Waals surface area contributed by atoms with Crippen LogP contribution in [0.3, 0.4) is 0 Å². The summed E-state index contributed by atoms with van der Waals surface area (Å²) in [5.74, 6) is -4.07. The van der Waals surface area contributed by atoms with E-state index in [4.69, 9.17) is 52.1 Å². The maximum Gasteiger partial charge on any atom is 0.202 e. The number of Topliss-reactive ketones (excluding diaryl/α,β-unsaturated/α-hetero) is 2.